The molecule has 170 valence electrons. The molecule has 2 heterocycles. The zero-order valence-electron chi connectivity index (χ0n) is 17.5. The van der Waals surface area contributed by atoms with Crippen LogP contribution in [0.3, 0.4) is 0 Å². The number of carbonyl (C=O) groups is 2. The van der Waals surface area contributed by atoms with E-state index in [1.54, 1.807) is 4.90 Å². The van der Waals surface area contributed by atoms with Crippen LogP contribution in [0.25, 0.3) is 0 Å². The maximum Gasteiger partial charge on any atom is 0.322 e. The summed E-state index contributed by atoms with van der Waals surface area (Å²) in [5.41, 5.74) is 0.470. The molecule has 4 atom stereocenters. The lowest BCUT2D eigenvalue weighted by Crippen LogP contribution is -2.58. The molecule has 4 rings (SSSR count). The monoisotopic (exact) mass is 435 g/mol. The second-order valence-electron chi connectivity index (χ2n) is 8.62. The van der Waals surface area contributed by atoms with E-state index in [4.69, 9.17) is 9.47 Å². The van der Waals surface area contributed by atoms with Crippen LogP contribution in [0, 0.1) is 5.82 Å². The summed E-state index contributed by atoms with van der Waals surface area (Å²) in [6, 6.07) is 5.15. The fourth-order valence-corrected chi connectivity index (χ4v) is 4.35. The van der Waals surface area contributed by atoms with Gasteiger partial charge in [-0.15, -0.1) is 0 Å². The Morgan fingerprint density at radius 1 is 1.13 bits per heavy atom. The molecule has 1 saturated carbocycles. The van der Waals surface area contributed by atoms with Gasteiger partial charge in [0, 0.05) is 11.7 Å². The van der Waals surface area contributed by atoms with Crippen LogP contribution < -0.4 is 10.6 Å². The van der Waals surface area contributed by atoms with E-state index in [2.05, 4.69) is 10.6 Å². The van der Waals surface area contributed by atoms with Crippen molar-refractivity contribution in [2.75, 3.05) is 25.1 Å². The third kappa shape index (κ3) is 5.72. The molecule has 2 saturated heterocycles. The lowest BCUT2D eigenvalue weighted by Gasteiger charge is -2.44. The molecule has 0 radical (unpaired) electrons. The predicted molar refractivity (Wildman–Crippen MR) is 111 cm³/mol. The van der Waals surface area contributed by atoms with E-state index in [-0.39, 0.29) is 55.8 Å². The highest BCUT2D eigenvalue weighted by molar-refractivity contribution is 5.89. The van der Waals surface area contributed by atoms with Crippen LogP contribution in [0.15, 0.2) is 24.3 Å². The van der Waals surface area contributed by atoms with Gasteiger partial charge in [0.2, 0.25) is 5.91 Å². The van der Waals surface area contributed by atoms with E-state index in [0.29, 0.717) is 31.0 Å². The van der Waals surface area contributed by atoms with Gasteiger partial charge in [-0.05, 0) is 56.4 Å². The van der Waals surface area contributed by atoms with E-state index in [1.807, 2.05) is 0 Å². The van der Waals surface area contributed by atoms with Gasteiger partial charge in [-0.25, -0.2) is 9.18 Å². The van der Waals surface area contributed by atoms with E-state index in [0.717, 1.165) is 19.3 Å². The first kappa shape index (κ1) is 22.0. The molecular weight excluding hydrogens is 405 g/mol. The summed E-state index contributed by atoms with van der Waals surface area (Å²) in [4.78, 5) is 26.8. The van der Waals surface area contributed by atoms with Crippen molar-refractivity contribution in [3.63, 3.8) is 0 Å². The highest BCUT2D eigenvalue weighted by atomic mass is 19.1. The maximum absolute atomic E-state index is 13.2. The van der Waals surface area contributed by atoms with Gasteiger partial charge in [0.1, 0.15) is 11.9 Å². The molecule has 3 fully saturated rings. The first-order valence-corrected chi connectivity index (χ1v) is 11.0. The number of β-amino-alcohol motifs (C(OH)–C–C–N with tert-alkyl or cyclic N) is 1. The van der Waals surface area contributed by atoms with Crippen molar-refractivity contribution >= 4 is 17.6 Å². The number of ether oxygens (including phenoxy) is 2. The lowest BCUT2D eigenvalue weighted by atomic mass is 9.92. The summed E-state index contributed by atoms with van der Waals surface area (Å²) in [6.45, 7) is 0.437. The fourth-order valence-electron chi connectivity index (χ4n) is 4.35. The molecular formula is C22H30FN3O5. The van der Waals surface area contributed by atoms with Crippen LogP contribution in [-0.4, -0.2) is 72.1 Å². The zero-order valence-corrected chi connectivity index (χ0v) is 17.5. The van der Waals surface area contributed by atoms with Crippen molar-refractivity contribution in [2.24, 2.45) is 0 Å². The minimum absolute atomic E-state index is 0.00115. The van der Waals surface area contributed by atoms with Gasteiger partial charge >= 0.3 is 6.03 Å². The molecule has 0 bridgehead atoms. The summed E-state index contributed by atoms with van der Waals surface area (Å²) < 4.78 is 24.9. The number of hydrogen-bond acceptors (Lipinski definition) is 5. The molecule has 0 aromatic heterocycles. The maximum atomic E-state index is 13.2. The minimum Gasteiger partial charge on any atom is -0.389 e. The highest BCUT2D eigenvalue weighted by Gasteiger charge is 2.40. The smallest absolute Gasteiger partial charge is 0.322 e. The summed E-state index contributed by atoms with van der Waals surface area (Å²) in [5, 5.41) is 16.0. The lowest BCUT2D eigenvalue weighted by molar-refractivity contribution is -0.150. The van der Waals surface area contributed by atoms with Crippen molar-refractivity contribution in [3.05, 3.63) is 30.1 Å². The number of rotatable bonds is 4. The molecule has 8 nitrogen and oxygen atoms in total. The van der Waals surface area contributed by atoms with Crippen molar-refractivity contribution in [1.82, 2.24) is 10.2 Å². The topological polar surface area (TPSA) is 100 Å². The van der Waals surface area contributed by atoms with E-state index < -0.39 is 6.10 Å². The van der Waals surface area contributed by atoms with E-state index in [9.17, 15) is 19.1 Å². The number of carbonyl (C=O) groups excluding carboxylic acids is 2. The standard InChI is InChI=1S/C22H30FN3O5/c23-14-4-6-16(7-5-14)25-22(29)26-11-17(27)12-30-13-20-19(26)9-8-18(31-20)10-21(28)24-15-2-1-3-15/h4-7,15,17-20,27H,1-3,8-13H2,(H,24,28)(H,25,29)/t17-,18+,19-,20+/m0/s1. The molecule has 0 spiro atoms. The second kappa shape index (κ2) is 9.93. The number of hydrogen-bond donors (Lipinski definition) is 3. The second-order valence-corrected chi connectivity index (χ2v) is 8.62. The number of amides is 3. The molecule has 9 heteroatoms. The van der Waals surface area contributed by atoms with Gasteiger partial charge < -0.3 is 30.1 Å². The Morgan fingerprint density at radius 3 is 2.61 bits per heavy atom. The number of urea groups is 1. The number of benzene rings is 1. The molecule has 2 aliphatic heterocycles. The fraction of sp³-hybridized carbons (Fsp3) is 0.636. The molecule has 0 unspecified atom stereocenters. The summed E-state index contributed by atoms with van der Waals surface area (Å²) >= 11 is 0. The van der Waals surface area contributed by atoms with Crippen LogP contribution in [0.4, 0.5) is 14.9 Å². The Balaban J connectivity index is 1.39. The molecule has 3 aliphatic rings. The van der Waals surface area contributed by atoms with Crippen LogP contribution in [0.5, 0.6) is 0 Å². The molecule has 1 aromatic rings. The number of aliphatic hydroxyl groups excluding tert-OH is 1. The Labute approximate surface area is 181 Å². The van der Waals surface area contributed by atoms with Crippen LogP contribution in [0.1, 0.15) is 38.5 Å². The SMILES string of the molecule is O=C(C[C@H]1CC[C@H]2[C@@H](COC[C@@H](O)CN2C(=O)Nc2ccc(F)cc2)O1)NC1CCC1. The Kier molecular flexibility index (Phi) is 7.04. The van der Waals surface area contributed by atoms with Gasteiger partial charge in [-0.2, -0.15) is 0 Å². The van der Waals surface area contributed by atoms with Crippen molar-refractivity contribution < 1.29 is 28.6 Å². The molecule has 3 N–H and O–H groups in total. The third-order valence-electron chi connectivity index (χ3n) is 6.22. The molecule has 1 aromatic carbocycles. The quantitative estimate of drug-likeness (QED) is 0.672. The summed E-state index contributed by atoms with van der Waals surface area (Å²) in [6.07, 6.45) is 3.38. The summed E-state index contributed by atoms with van der Waals surface area (Å²) in [5.74, 6) is -0.383. The average molecular weight is 435 g/mol. The number of nitrogens with one attached hydrogen (secondary N) is 2. The Morgan fingerprint density at radius 2 is 1.90 bits per heavy atom. The molecule has 3 amide bonds. The van der Waals surface area contributed by atoms with Gasteiger partial charge in [0.05, 0.1) is 44.4 Å². The van der Waals surface area contributed by atoms with Gasteiger partial charge in [-0.3, -0.25) is 4.79 Å². The Hall–Kier alpha value is -2.23. The van der Waals surface area contributed by atoms with Crippen LogP contribution >= 0.6 is 0 Å². The molecule has 1 aliphatic carbocycles. The minimum atomic E-state index is -0.814. The first-order valence-electron chi connectivity index (χ1n) is 11.0. The van der Waals surface area contributed by atoms with Gasteiger partial charge in [0.15, 0.2) is 0 Å². The average Bonchev–Trinajstić information content (AvgIpc) is 2.70. The number of nitrogens with zero attached hydrogens (tertiary/aromatic N) is 1. The molecule has 31 heavy (non-hydrogen) atoms. The third-order valence-corrected chi connectivity index (χ3v) is 6.22. The highest BCUT2D eigenvalue weighted by Crippen LogP contribution is 2.28. The van der Waals surface area contributed by atoms with Crippen LogP contribution in [-0.2, 0) is 14.3 Å². The summed E-state index contributed by atoms with van der Waals surface area (Å²) in [7, 11) is 0. The number of halogens is 1. The van der Waals surface area contributed by atoms with Gasteiger partial charge in [0.25, 0.3) is 0 Å². The van der Waals surface area contributed by atoms with Crippen LogP contribution in [0.2, 0.25) is 0 Å². The van der Waals surface area contributed by atoms with Crippen molar-refractivity contribution in [1.29, 1.82) is 0 Å². The van der Waals surface area contributed by atoms with Crippen molar-refractivity contribution in [3.8, 4) is 0 Å². The number of aliphatic hydroxyl groups is 1. The Bertz CT molecular complexity index is 773. The first-order chi connectivity index (χ1) is 15.0. The number of fused-ring (bicyclic) bond motifs is 1. The zero-order chi connectivity index (χ0) is 21.8. The number of anilines is 1. The largest absolute Gasteiger partial charge is 0.389 e. The predicted octanol–water partition coefficient (Wildman–Crippen LogP) is 2.03. The van der Waals surface area contributed by atoms with E-state index >= 15 is 0 Å². The normalized spacial score (nSPS) is 29.2. The van der Waals surface area contributed by atoms with Gasteiger partial charge in [-0.1, -0.05) is 0 Å². The van der Waals surface area contributed by atoms with E-state index in [1.165, 1.54) is 24.3 Å². The van der Waals surface area contributed by atoms with Crippen molar-refractivity contribution in [2.45, 2.75) is 68.9 Å².